The third kappa shape index (κ3) is 3.67. The summed E-state index contributed by atoms with van der Waals surface area (Å²) in [5.74, 6) is 3.43. The van der Waals surface area contributed by atoms with Gasteiger partial charge in [0.1, 0.15) is 11.5 Å². The summed E-state index contributed by atoms with van der Waals surface area (Å²) in [4.78, 5) is 0. The average Bonchev–Trinajstić information content (AvgIpc) is 3.28. The van der Waals surface area contributed by atoms with Gasteiger partial charge in [0.15, 0.2) is 0 Å². The van der Waals surface area contributed by atoms with E-state index in [1.807, 2.05) is 0 Å². The van der Waals surface area contributed by atoms with Gasteiger partial charge in [0, 0.05) is 17.2 Å². The van der Waals surface area contributed by atoms with Gasteiger partial charge in [-0.15, -0.1) is 0 Å². The van der Waals surface area contributed by atoms with Crippen molar-refractivity contribution in [3.05, 3.63) is 77.9 Å². The van der Waals surface area contributed by atoms with Crippen molar-refractivity contribution < 1.29 is 9.47 Å². The monoisotopic (exact) mass is 413 g/mol. The van der Waals surface area contributed by atoms with Crippen LogP contribution in [0.5, 0.6) is 11.5 Å². The van der Waals surface area contributed by atoms with Crippen LogP contribution in [-0.2, 0) is 0 Å². The molecule has 3 atom stereocenters. The van der Waals surface area contributed by atoms with Crippen LogP contribution in [0.3, 0.4) is 0 Å². The summed E-state index contributed by atoms with van der Waals surface area (Å²) >= 11 is 0. The van der Waals surface area contributed by atoms with Crippen LogP contribution in [0.4, 0.5) is 5.69 Å². The Balaban J connectivity index is 1.53. The van der Waals surface area contributed by atoms with Crippen LogP contribution in [0.15, 0.2) is 66.7 Å². The second kappa shape index (κ2) is 8.30. The molecule has 0 amide bonds. The number of rotatable bonds is 6. The van der Waals surface area contributed by atoms with E-state index < -0.39 is 0 Å². The number of methoxy groups -OCH3 is 1. The summed E-state index contributed by atoms with van der Waals surface area (Å²) in [6, 6.07) is 19.6. The minimum atomic E-state index is 0.196. The fourth-order valence-electron chi connectivity index (χ4n) is 5.13. The number of hydrogen-bond acceptors (Lipinski definition) is 3. The summed E-state index contributed by atoms with van der Waals surface area (Å²) in [5.41, 5.74) is 3.81. The predicted octanol–water partition coefficient (Wildman–Crippen LogP) is 7.10. The molecule has 3 heteroatoms. The molecule has 3 unspecified atom stereocenters. The zero-order chi connectivity index (χ0) is 21.4. The van der Waals surface area contributed by atoms with E-state index in [0.29, 0.717) is 17.8 Å². The van der Waals surface area contributed by atoms with E-state index in [9.17, 15) is 0 Å². The molecule has 1 N–H and O–H groups in total. The number of hydrogen-bond donors (Lipinski definition) is 1. The topological polar surface area (TPSA) is 30.5 Å². The molecule has 0 saturated heterocycles. The molecule has 1 aliphatic heterocycles. The third-order valence-corrected chi connectivity index (χ3v) is 6.76. The van der Waals surface area contributed by atoms with Crippen molar-refractivity contribution in [3.8, 4) is 11.5 Å². The maximum absolute atomic E-state index is 6.07. The van der Waals surface area contributed by atoms with Crippen LogP contribution in [-0.4, -0.2) is 13.7 Å². The summed E-state index contributed by atoms with van der Waals surface area (Å²) in [5, 5.41) is 6.40. The number of anilines is 1. The third-order valence-electron chi connectivity index (χ3n) is 6.76. The van der Waals surface area contributed by atoms with E-state index in [0.717, 1.165) is 30.9 Å². The molecule has 5 rings (SSSR count). The highest BCUT2D eigenvalue weighted by atomic mass is 16.5. The Morgan fingerprint density at radius 3 is 2.77 bits per heavy atom. The summed E-state index contributed by atoms with van der Waals surface area (Å²) in [6.07, 6.45) is 6.85. The van der Waals surface area contributed by atoms with Gasteiger partial charge in [-0.3, -0.25) is 0 Å². The fraction of sp³-hybridized carbons (Fsp3) is 0.357. The second-order valence-electron chi connectivity index (χ2n) is 9.16. The van der Waals surface area contributed by atoms with Crippen molar-refractivity contribution >= 4 is 16.5 Å². The molecule has 1 heterocycles. The lowest BCUT2D eigenvalue weighted by atomic mass is 9.76. The Labute approximate surface area is 185 Å². The Kier molecular flexibility index (Phi) is 5.35. The molecule has 0 spiro atoms. The quantitative estimate of drug-likeness (QED) is 0.437. The van der Waals surface area contributed by atoms with Crippen LogP contribution in [0, 0.1) is 11.8 Å². The van der Waals surface area contributed by atoms with E-state index >= 15 is 0 Å². The number of benzene rings is 3. The summed E-state index contributed by atoms with van der Waals surface area (Å²) in [6.45, 7) is 5.23. The van der Waals surface area contributed by atoms with Crippen molar-refractivity contribution in [2.45, 2.75) is 38.6 Å². The normalized spacial score (nSPS) is 21.6. The molecule has 160 valence electrons. The van der Waals surface area contributed by atoms with Gasteiger partial charge in [0.05, 0.1) is 19.8 Å². The van der Waals surface area contributed by atoms with Gasteiger partial charge in [-0.2, -0.15) is 0 Å². The van der Waals surface area contributed by atoms with Crippen molar-refractivity contribution in [2.24, 2.45) is 11.8 Å². The lowest BCUT2D eigenvalue weighted by Crippen LogP contribution is -2.29. The number of ether oxygens (including phenoxy) is 2. The van der Waals surface area contributed by atoms with Crippen LogP contribution in [0.1, 0.15) is 49.8 Å². The zero-order valence-electron chi connectivity index (χ0n) is 18.6. The Morgan fingerprint density at radius 2 is 1.94 bits per heavy atom. The van der Waals surface area contributed by atoms with Gasteiger partial charge in [0.2, 0.25) is 0 Å². The molecule has 0 bridgehead atoms. The number of fused-ring (bicyclic) bond motifs is 4. The van der Waals surface area contributed by atoms with Gasteiger partial charge in [0.25, 0.3) is 0 Å². The molecule has 0 aromatic heterocycles. The number of allylic oxidation sites excluding steroid dienone is 2. The van der Waals surface area contributed by atoms with Crippen LogP contribution < -0.4 is 14.8 Å². The first-order chi connectivity index (χ1) is 15.2. The van der Waals surface area contributed by atoms with Crippen molar-refractivity contribution in [1.29, 1.82) is 0 Å². The first-order valence-corrected chi connectivity index (χ1v) is 11.4. The van der Waals surface area contributed by atoms with E-state index in [1.54, 1.807) is 7.11 Å². The van der Waals surface area contributed by atoms with Crippen molar-refractivity contribution in [3.63, 3.8) is 0 Å². The van der Waals surface area contributed by atoms with Gasteiger partial charge in [-0.1, -0.05) is 56.3 Å². The van der Waals surface area contributed by atoms with Gasteiger partial charge >= 0.3 is 0 Å². The highest BCUT2D eigenvalue weighted by Crippen LogP contribution is 2.53. The summed E-state index contributed by atoms with van der Waals surface area (Å²) in [7, 11) is 1.77. The molecule has 1 aliphatic carbocycles. The Bertz CT molecular complexity index is 1120. The lowest BCUT2D eigenvalue weighted by Gasteiger charge is -2.38. The first kappa shape index (κ1) is 20.0. The minimum absolute atomic E-state index is 0.196. The van der Waals surface area contributed by atoms with Crippen LogP contribution in [0.2, 0.25) is 0 Å². The molecule has 31 heavy (non-hydrogen) atoms. The van der Waals surface area contributed by atoms with Crippen LogP contribution >= 0.6 is 0 Å². The highest BCUT2D eigenvalue weighted by Gasteiger charge is 2.39. The van der Waals surface area contributed by atoms with Gasteiger partial charge < -0.3 is 14.8 Å². The molecule has 3 nitrogen and oxygen atoms in total. The molecule has 0 radical (unpaired) electrons. The molecule has 0 fully saturated rings. The molecule has 2 aliphatic rings. The standard InChI is InChI=1S/C28H31NO2/c1-18(2)15-16-31-20-12-13-25-24(17-20)22-9-6-10-23(22)28(29-25)27-21-8-5-4-7-19(21)11-14-26(27)30-3/h4-9,11-14,17-18,22-23,28-29H,10,15-16H2,1-3H3. The molecule has 3 aromatic carbocycles. The first-order valence-electron chi connectivity index (χ1n) is 11.4. The largest absolute Gasteiger partial charge is 0.496 e. The van der Waals surface area contributed by atoms with Crippen molar-refractivity contribution in [1.82, 2.24) is 0 Å². The zero-order valence-corrected chi connectivity index (χ0v) is 18.6. The van der Waals surface area contributed by atoms with Crippen LogP contribution in [0.25, 0.3) is 10.8 Å². The smallest absolute Gasteiger partial charge is 0.124 e. The lowest BCUT2D eigenvalue weighted by molar-refractivity contribution is 0.288. The molecule has 3 aromatic rings. The van der Waals surface area contributed by atoms with Gasteiger partial charge in [-0.05, 0) is 65.3 Å². The predicted molar refractivity (Wildman–Crippen MR) is 128 cm³/mol. The second-order valence-corrected chi connectivity index (χ2v) is 9.16. The van der Waals surface area contributed by atoms with E-state index in [1.165, 1.54) is 27.6 Å². The Hall–Kier alpha value is -2.94. The van der Waals surface area contributed by atoms with Crippen molar-refractivity contribution in [2.75, 3.05) is 19.0 Å². The SMILES string of the molecule is COc1ccc2ccccc2c1C1Nc2ccc(OCCC(C)C)cc2C2C=CCC21. The maximum Gasteiger partial charge on any atom is 0.124 e. The minimum Gasteiger partial charge on any atom is -0.496 e. The maximum atomic E-state index is 6.07. The van der Waals surface area contributed by atoms with E-state index in [4.69, 9.17) is 9.47 Å². The molecular weight excluding hydrogens is 382 g/mol. The van der Waals surface area contributed by atoms with E-state index in [-0.39, 0.29) is 6.04 Å². The fourth-order valence-corrected chi connectivity index (χ4v) is 5.13. The molecular formula is C28H31NO2. The Morgan fingerprint density at radius 1 is 1.06 bits per heavy atom. The van der Waals surface area contributed by atoms with E-state index in [2.05, 4.69) is 85.9 Å². The highest BCUT2D eigenvalue weighted by molar-refractivity contribution is 5.89. The van der Waals surface area contributed by atoms with Gasteiger partial charge in [-0.25, -0.2) is 0 Å². The average molecular weight is 414 g/mol. The molecule has 0 saturated carbocycles. The number of nitrogens with one attached hydrogen (secondary N) is 1. The summed E-state index contributed by atoms with van der Waals surface area (Å²) < 4.78 is 11.9.